The van der Waals surface area contributed by atoms with Crippen molar-refractivity contribution < 1.29 is 18.4 Å². The molecule has 1 heterocycles. The van der Waals surface area contributed by atoms with Gasteiger partial charge < -0.3 is 15.5 Å². The molecule has 0 bridgehead atoms. The van der Waals surface area contributed by atoms with Crippen molar-refractivity contribution in [2.45, 2.75) is 31.7 Å². The van der Waals surface area contributed by atoms with Crippen LogP contribution in [0.25, 0.3) is 0 Å². The quantitative estimate of drug-likeness (QED) is 0.797. The number of rotatable bonds is 3. The first kappa shape index (κ1) is 18.4. The molecule has 1 saturated heterocycles. The minimum atomic E-state index is -0.947. The Balaban J connectivity index is 1.43. The molecule has 1 fully saturated rings. The molecular weight excluding hydrogens is 364 g/mol. The summed E-state index contributed by atoms with van der Waals surface area (Å²) in [6.45, 7) is 1.20. The molecule has 2 aromatic rings. The molecule has 5 nitrogen and oxygen atoms in total. The number of nitrogens with one attached hydrogen (secondary N) is 2. The van der Waals surface area contributed by atoms with Gasteiger partial charge in [-0.05, 0) is 48.9 Å². The Hall–Kier alpha value is -2.96. The third-order valence-corrected chi connectivity index (χ3v) is 5.34. The van der Waals surface area contributed by atoms with E-state index in [1.807, 2.05) is 24.3 Å². The highest BCUT2D eigenvalue weighted by Crippen LogP contribution is 2.31. The SMILES string of the molecule is O=C(Nc1cc(F)c(N2CCCC2)c(F)c1)C(=O)NC1CCc2ccccc21. The van der Waals surface area contributed by atoms with Crippen molar-refractivity contribution in [2.24, 2.45) is 0 Å². The van der Waals surface area contributed by atoms with E-state index in [1.54, 1.807) is 4.90 Å². The number of carbonyl (C=O) groups excluding carboxylic acids is 2. The number of nitrogens with zero attached hydrogens (tertiary/aromatic N) is 1. The second kappa shape index (κ2) is 7.58. The number of anilines is 2. The number of benzene rings is 2. The maximum absolute atomic E-state index is 14.4. The van der Waals surface area contributed by atoms with Crippen molar-refractivity contribution in [1.29, 1.82) is 0 Å². The zero-order valence-electron chi connectivity index (χ0n) is 15.3. The molecular formula is C21H21F2N3O2. The summed E-state index contributed by atoms with van der Waals surface area (Å²) in [4.78, 5) is 26.1. The molecule has 0 radical (unpaired) electrons. The van der Waals surface area contributed by atoms with Crippen molar-refractivity contribution in [1.82, 2.24) is 5.32 Å². The fraction of sp³-hybridized carbons (Fsp3) is 0.333. The monoisotopic (exact) mass is 385 g/mol. The minimum absolute atomic E-state index is 0.0788. The Kier molecular flexibility index (Phi) is 4.98. The van der Waals surface area contributed by atoms with E-state index in [2.05, 4.69) is 10.6 Å². The molecule has 7 heteroatoms. The molecule has 4 rings (SSSR count). The van der Waals surface area contributed by atoms with E-state index in [1.165, 1.54) is 0 Å². The topological polar surface area (TPSA) is 61.4 Å². The Morgan fingerprint density at radius 2 is 1.68 bits per heavy atom. The predicted molar refractivity (Wildman–Crippen MR) is 102 cm³/mol. The molecule has 28 heavy (non-hydrogen) atoms. The maximum Gasteiger partial charge on any atom is 0.313 e. The van der Waals surface area contributed by atoms with E-state index in [0.717, 1.165) is 42.5 Å². The van der Waals surface area contributed by atoms with E-state index in [9.17, 15) is 18.4 Å². The molecule has 0 aromatic heterocycles. The lowest BCUT2D eigenvalue weighted by molar-refractivity contribution is -0.136. The molecule has 2 amide bonds. The van der Waals surface area contributed by atoms with Gasteiger partial charge in [0.2, 0.25) is 0 Å². The van der Waals surface area contributed by atoms with Gasteiger partial charge in [-0.25, -0.2) is 8.78 Å². The van der Waals surface area contributed by atoms with Gasteiger partial charge in [0.1, 0.15) is 5.69 Å². The van der Waals surface area contributed by atoms with Crippen LogP contribution in [0.15, 0.2) is 36.4 Å². The highest BCUT2D eigenvalue weighted by molar-refractivity contribution is 6.39. The standard InChI is InChI=1S/C21H21F2N3O2/c22-16-11-14(12-17(23)19(16)26-9-3-4-10-26)24-20(27)21(28)25-18-8-7-13-5-1-2-6-15(13)18/h1-2,5-6,11-12,18H,3-4,7-10H2,(H,24,27)(H,25,28). The Bertz CT molecular complexity index is 903. The molecule has 1 unspecified atom stereocenters. The summed E-state index contributed by atoms with van der Waals surface area (Å²) in [7, 11) is 0. The van der Waals surface area contributed by atoms with Crippen LogP contribution in [0, 0.1) is 11.6 Å². The van der Waals surface area contributed by atoms with Crippen LogP contribution in [0.3, 0.4) is 0 Å². The normalized spacial score (nSPS) is 18.1. The number of hydrogen-bond acceptors (Lipinski definition) is 3. The van der Waals surface area contributed by atoms with E-state index >= 15 is 0 Å². The Morgan fingerprint density at radius 1 is 1.00 bits per heavy atom. The molecule has 1 aliphatic carbocycles. The van der Waals surface area contributed by atoms with Crippen molar-refractivity contribution in [3.8, 4) is 0 Å². The van der Waals surface area contributed by atoms with Crippen LogP contribution < -0.4 is 15.5 Å². The van der Waals surface area contributed by atoms with Gasteiger partial charge in [-0.15, -0.1) is 0 Å². The van der Waals surface area contributed by atoms with Crippen molar-refractivity contribution in [2.75, 3.05) is 23.3 Å². The van der Waals surface area contributed by atoms with Crippen LogP contribution in [-0.4, -0.2) is 24.9 Å². The van der Waals surface area contributed by atoms with Gasteiger partial charge in [0.15, 0.2) is 11.6 Å². The fourth-order valence-corrected chi connectivity index (χ4v) is 4.00. The molecule has 1 aliphatic heterocycles. The lowest BCUT2D eigenvalue weighted by Crippen LogP contribution is -2.37. The Morgan fingerprint density at radius 3 is 2.39 bits per heavy atom. The molecule has 2 aliphatic rings. The molecule has 0 spiro atoms. The first-order valence-corrected chi connectivity index (χ1v) is 9.46. The van der Waals surface area contributed by atoms with Crippen LogP contribution in [0.2, 0.25) is 0 Å². The lowest BCUT2D eigenvalue weighted by atomic mass is 10.1. The summed E-state index contributed by atoms with van der Waals surface area (Å²) in [5.74, 6) is -3.27. The van der Waals surface area contributed by atoms with Gasteiger partial charge in [0, 0.05) is 18.8 Å². The summed E-state index contributed by atoms with van der Waals surface area (Å²) in [5.41, 5.74) is 1.98. The van der Waals surface area contributed by atoms with Gasteiger partial charge in [0.05, 0.1) is 6.04 Å². The highest BCUT2D eigenvalue weighted by Gasteiger charge is 2.27. The van der Waals surface area contributed by atoms with Gasteiger partial charge >= 0.3 is 11.8 Å². The minimum Gasteiger partial charge on any atom is -0.367 e. The summed E-state index contributed by atoms with van der Waals surface area (Å²) < 4.78 is 28.7. The number of amides is 2. The highest BCUT2D eigenvalue weighted by atomic mass is 19.1. The van der Waals surface area contributed by atoms with E-state index in [0.29, 0.717) is 19.5 Å². The van der Waals surface area contributed by atoms with Crippen molar-refractivity contribution >= 4 is 23.2 Å². The average molecular weight is 385 g/mol. The molecule has 1 atom stereocenters. The first-order chi connectivity index (χ1) is 13.5. The van der Waals surface area contributed by atoms with Crippen molar-refractivity contribution in [3.05, 3.63) is 59.2 Å². The first-order valence-electron chi connectivity index (χ1n) is 9.46. The van der Waals surface area contributed by atoms with Crippen LogP contribution >= 0.6 is 0 Å². The number of hydrogen-bond donors (Lipinski definition) is 2. The number of fused-ring (bicyclic) bond motifs is 1. The Labute approximate surface area is 161 Å². The second-order valence-corrected chi connectivity index (χ2v) is 7.20. The van der Waals surface area contributed by atoms with Crippen molar-refractivity contribution in [3.63, 3.8) is 0 Å². The smallest absolute Gasteiger partial charge is 0.313 e. The maximum atomic E-state index is 14.4. The number of halogens is 2. The van der Waals surface area contributed by atoms with Gasteiger partial charge in [-0.1, -0.05) is 24.3 Å². The molecule has 0 saturated carbocycles. The molecule has 2 N–H and O–H groups in total. The van der Waals surface area contributed by atoms with Crippen LogP contribution in [0.5, 0.6) is 0 Å². The fourth-order valence-electron chi connectivity index (χ4n) is 4.00. The second-order valence-electron chi connectivity index (χ2n) is 7.20. The number of aryl methyl sites for hydroxylation is 1. The molecule has 146 valence electrons. The molecule has 2 aromatic carbocycles. The number of carbonyl (C=O) groups is 2. The third-order valence-electron chi connectivity index (χ3n) is 5.34. The van der Waals surface area contributed by atoms with Crippen LogP contribution in [0.1, 0.15) is 36.4 Å². The zero-order valence-corrected chi connectivity index (χ0v) is 15.3. The summed E-state index contributed by atoms with van der Waals surface area (Å²) in [5, 5.41) is 4.98. The summed E-state index contributed by atoms with van der Waals surface area (Å²) in [6, 6.07) is 9.60. The van der Waals surface area contributed by atoms with Gasteiger partial charge in [-0.3, -0.25) is 9.59 Å². The summed E-state index contributed by atoms with van der Waals surface area (Å²) in [6.07, 6.45) is 3.33. The van der Waals surface area contributed by atoms with Crippen LogP contribution in [0.4, 0.5) is 20.2 Å². The zero-order chi connectivity index (χ0) is 19.7. The predicted octanol–water partition coefficient (Wildman–Crippen LogP) is 3.31. The van der Waals surface area contributed by atoms with Gasteiger partial charge in [-0.2, -0.15) is 0 Å². The van der Waals surface area contributed by atoms with E-state index in [-0.39, 0.29) is 17.4 Å². The van der Waals surface area contributed by atoms with Crippen LogP contribution in [-0.2, 0) is 16.0 Å². The summed E-state index contributed by atoms with van der Waals surface area (Å²) >= 11 is 0. The van der Waals surface area contributed by atoms with Gasteiger partial charge in [0.25, 0.3) is 0 Å². The van der Waals surface area contributed by atoms with E-state index in [4.69, 9.17) is 0 Å². The average Bonchev–Trinajstić information content (AvgIpc) is 3.32. The largest absolute Gasteiger partial charge is 0.367 e. The lowest BCUT2D eigenvalue weighted by Gasteiger charge is -2.20. The van der Waals surface area contributed by atoms with E-state index < -0.39 is 23.4 Å². The third kappa shape index (κ3) is 3.56.